The molecule has 2 rings (SSSR count). The van der Waals surface area contributed by atoms with Gasteiger partial charge in [-0.05, 0) is 50.4 Å². The van der Waals surface area contributed by atoms with E-state index in [0.29, 0.717) is 31.5 Å². The summed E-state index contributed by atoms with van der Waals surface area (Å²) in [6.45, 7) is 9.45. The van der Waals surface area contributed by atoms with Crippen molar-refractivity contribution >= 4 is 11.9 Å². The maximum Gasteiger partial charge on any atom is 0.312 e. The molecular formula is C20H34O5. The van der Waals surface area contributed by atoms with Gasteiger partial charge in [0.2, 0.25) is 0 Å². The molecule has 4 atom stereocenters. The van der Waals surface area contributed by atoms with Crippen molar-refractivity contribution in [1.29, 1.82) is 0 Å². The highest BCUT2D eigenvalue weighted by Gasteiger charge is 2.57. The molecule has 25 heavy (non-hydrogen) atoms. The minimum Gasteiger partial charge on any atom is -0.465 e. The predicted octanol–water partition coefficient (Wildman–Crippen LogP) is 3.74. The number of rotatable bonds is 10. The van der Waals surface area contributed by atoms with Crippen LogP contribution in [0.4, 0.5) is 0 Å². The van der Waals surface area contributed by atoms with Crippen molar-refractivity contribution in [2.45, 2.75) is 78.4 Å². The molecule has 2 aliphatic rings. The van der Waals surface area contributed by atoms with Crippen molar-refractivity contribution in [2.75, 3.05) is 13.2 Å². The standard InChI is InChI=1S/C20H34O5/c1-13(2)7-5-11-23-19(21)15-9-10-16-18(25-16)17(15)20(22)24-12-6-8-14(3)4/h13-18H,5-12H2,1-4H3. The summed E-state index contributed by atoms with van der Waals surface area (Å²) in [6, 6.07) is 0. The van der Waals surface area contributed by atoms with Gasteiger partial charge in [-0.1, -0.05) is 27.7 Å². The van der Waals surface area contributed by atoms with Crippen LogP contribution in [0.2, 0.25) is 0 Å². The molecule has 2 fully saturated rings. The molecule has 1 heterocycles. The molecule has 5 nitrogen and oxygen atoms in total. The minimum absolute atomic E-state index is 0.123. The Morgan fingerprint density at radius 3 is 2.04 bits per heavy atom. The molecule has 4 unspecified atom stereocenters. The quantitative estimate of drug-likeness (QED) is 0.340. The molecule has 0 radical (unpaired) electrons. The highest BCUT2D eigenvalue weighted by Crippen LogP contribution is 2.45. The normalized spacial score (nSPS) is 27.9. The zero-order valence-electron chi connectivity index (χ0n) is 16.2. The molecule has 0 N–H and O–H groups in total. The number of hydrogen-bond acceptors (Lipinski definition) is 5. The van der Waals surface area contributed by atoms with Crippen molar-refractivity contribution in [1.82, 2.24) is 0 Å². The van der Waals surface area contributed by atoms with Crippen LogP contribution in [0.5, 0.6) is 0 Å². The van der Waals surface area contributed by atoms with Crippen LogP contribution in [0.15, 0.2) is 0 Å². The monoisotopic (exact) mass is 354 g/mol. The van der Waals surface area contributed by atoms with Gasteiger partial charge in [-0.2, -0.15) is 0 Å². The molecule has 0 aromatic carbocycles. The number of ether oxygens (including phenoxy) is 3. The second-order valence-corrected chi connectivity index (χ2v) is 8.26. The van der Waals surface area contributed by atoms with Crippen molar-refractivity contribution in [3.05, 3.63) is 0 Å². The van der Waals surface area contributed by atoms with Crippen LogP contribution in [-0.2, 0) is 23.8 Å². The Balaban J connectivity index is 1.81. The fourth-order valence-electron chi connectivity index (χ4n) is 3.55. The highest BCUT2D eigenvalue weighted by molar-refractivity contribution is 5.83. The molecule has 144 valence electrons. The third kappa shape index (κ3) is 6.28. The van der Waals surface area contributed by atoms with Gasteiger partial charge in [0, 0.05) is 0 Å². The van der Waals surface area contributed by atoms with Crippen LogP contribution in [0, 0.1) is 23.7 Å². The van der Waals surface area contributed by atoms with E-state index in [9.17, 15) is 9.59 Å². The van der Waals surface area contributed by atoms with Gasteiger partial charge in [-0.25, -0.2) is 0 Å². The number of epoxide rings is 1. The lowest BCUT2D eigenvalue weighted by Crippen LogP contribution is -2.39. The van der Waals surface area contributed by atoms with Crippen LogP contribution in [0.1, 0.15) is 66.2 Å². The molecule has 1 saturated carbocycles. The molecule has 1 aliphatic carbocycles. The molecule has 0 amide bonds. The van der Waals surface area contributed by atoms with Gasteiger partial charge in [-0.3, -0.25) is 9.59 Å². The summed E-state index contributed by atoms with van der Waals surface area (Å²) in [5.41, 5.74) is 0. The molecule has 0 bridgehead atoms. The molecule has 1 saturated heterocycles. The minimum atomic E-state index is -0.490. The van der Waals surface area contributed by atoms with E-state index in [1.54, 1.807) is 0 Å². The smallest absolute Gasteiger partial charge is 0.312 e. The average Bonchev–Trinajstić information content (AvgIpc) is 3.33. The summed E-state index contributed by atoms with van der Waals surface area (Å²) in [5.74, 6) is -0.265. The maximum absolute atomic E-state index is 12.5. The summed E-state index contributed by atoms with van der Waals surface area (Å²) >= 11 is 0. The van der Waals surface area contributed by atoms with Crippen LogP contribution < -0.4 is 0 Å². The van der Waals surface area contributed by atoms with E-state index in [1.807, 2.05) is 0 Å². The molecule has 0 spiro atoms. The van der Waals surface area contributed by atoms with E-state index in [0.717, 1.165) is 32.1 Å². The summed E-state index contributed by atoms with van der Waals surface area (Å²) in [6.07, 6.45) is 5.23. The zero-order valence-corrected chi connectivity index (χ0v) is 16.2. The van der Waals surface area contributed by atoms with E-state index in [1.165, 1.54) is 0 Å². The Hall–Kier alpha value is -1.10. The molecule has 5 heteroatoms. The van der Waals surface area contributed by atoms with E-state index in [-0.39, 0.29) is 24.1 Å². The largest absolute Gasteiger partial charge is 0.465 e. The average molecular weight is 354 g/mol. The second kappa shape index (κ2) is 9.56. The second-order valence-electron chi connectivity index (χ2n) is 8.26. The van der Waals surface area contributed by atoms with Crippen LogP contribution >= 0.6 is 0 Å². The van der Waals surface area contributed by atoms with E-state index in [2.05, 4.69) is 27.7 Å². The Bertz CT molecular complexity index is 445. The number of esters is 2. The third-order valence-electron chi connectivity index (χ3n) is 5.09. The van der Waals surface area contributed by atoms with E-state index in [4.69, 9.17) is 14.2 Å². The molecular weight excluding hydrogens is 320 g/mol. The Morgan fingerprint density at radius 2 is 1.48 bits per heavy atom. The van der Waals surface area contributed by atoms with E-state index < -0.39 is 11.8 Å². The van der Waals surface area contributed by atoms with Gasteiger partial charge in [0.25, 0.3) is 0 Å². The van der Waals surface area contributed by atoms with Gasteiger partial charge >= 0.3 is 11.9 Å². The predicted molar refractivity (Wildman–Crippen MR) is 94.9 cm³/mol. The van der Waals surface area contributed by atoms with Gasteiger partial charge < -0.3 is 14.2 Å². The maximum atomic E-state index is 12.5. The Morgan fingerprint density at radius 1 is 0.920 bits per heavy atom. The summed E-state index contributed by atoms with van der Waals surface area (Å²) in [7, 11) is 0. The number of carbonyl (C=O) groups is 2. The lowest BCUT2D eigenvalue weighted by atomic mass is 9.79. The Labute approximate surface area is 151 Å². The first-order chi connectivity index (χ1) is 11.9. The van der Waals surface area contributed by atoms with Gasteiger partial charge in [0.15, 0.2) is 0 Å². The lowest BCUT2D eigenvalue weighted by Gasteiger charge is -2.26. The van der Waals surface area contributed by atoms with E-state index >= 15 is 0 Å². The summed E-state index contributed by atoms with van der Waals surface area (Å²) < 4.78 is 16.5. The molecule has 0 aromatic heterocycles. The van der Waals surface area contributed by atoms with Crippen molar-refractivity contribution in [2.24, 2.45) is 23.7 Å². The van der Waals surface area contributed by atoms with Crippen LogP contribution in [0.3, 0.4) is 0 Å². The van der Waals surface area contributed by atoms with Crippen LogP contribution in [-0.4, -0.2) is 37.4 Å². The number of fused-ring (bicyclic) bond motifs is 1. The first-order valence-corrected chi connectivity index (χ1v) is 9.88. The lowest BCUT2D eigenvalue weighted by molar-refractivity contribution is -0.162. The Kier molecular flexibility index (Phi) is 7.73. The topological polar surface area (TPSA) is 65.1 Å². The SMILES string of the molecule is CC(C)CCCOC(=O)C1CCC2OC2C1C(=O)OCCCC(C)C. The van der Waals surface area contributed by atoms with Gasteiger partial charge in [0.05, 0.1) is 37.3 Å². The number of hydrogen-bond donors (Lipinski definition) is 0. The van der Waals surface area contributed by atoms with Crippen molar-refractivity contribution in [3.8, 4) is 0 Å². The van der Waals surface area contributed by atoms with Gasteiger partial charge in [-0.15, -0.1) is 0 Å². The summed E-state index contributed by atoms with van der Waals surface area (Å²) in [5, 5.41) is 0. The van der Waals surface area contributed by atoms with Gasteiger partial charge in [0.1, 0.15) is 0 Å². The first-order valence-electron chi connectivity index (χ1n) is 9.88. The molecule has 1 aliphatic heterocycles. The highest BCUT2D eigenvalue weighted by atomic mass is 16.6. The fourth-order valence-corrected chi connectivity index (χ4v) is 3.55. The molecule has 0 aromatic rings. The fraction of sp³-hybridized carbons (Fsp3) is 0.900. The third-order valence-corrected chi connectivity index (χ3v) is 5.09. The summed E-state index contributed by atoms with van der Waals surface area (Å²) in [4.78, 5) is 25.0. The van der Waals surface area contributed by atoms with Crippen LogP contribution in [0.25, 0.3) is 0 Å². The number of carbonyl (C=O) groups excluding carboxylic acids is 2. The zero-order chi connectivity index (χ0) is 18.4. The first kappa shape index (κ1) is 20.2. The van der Waals surface area contributed by atoms with Crippen molar-refractivity contribution < 1.29 is 23.8 Å². The van der Waals surface area contributed by atoms with Crippen molar-refractivity contribution in [3.63, 3.8) is 0 Å².